The maximum absolute atomic E-state index is 12.7. The van der Waals surface area contributed by atoms with Crippen molar-refractivity contribution < 1.29 is 19.1 Å². The van der Waals surface area contributed by atoms with Crippen molar-refractivity contribution in [1.29, 1.82) is 0 Å². The fourth-order valence-corrected chi connectivity index (χ4v) is 2.99. The molecule has 1 aliphatic heterocycles. The van der Waals surface area contributed by atoms with E-state index in [9.17, 15) is 14.7 Å². The average molecular weight is 342 g/mol. The molecule has 0 radical (unpaired) electrons. The van der Waals surface area contributed by atoms with E-state index in [2.05, 4.69) is 0 Å². The maximum atomic E-state index is 12.7. The predicted molar refractivity (Wildman–Crippen MR) is 92.7 cm³/mol. The minimum Gasteiger partial charge on any atom is -0.508 e. The van der Waals surface area contributed by atoms with Gasteiger partial charge in [0.05, 0.1) is 6.26 Å². The first-order chi connectivity index (χ1) is 12.0. The highest BCUT2D eigenvalue weighted by molar-refractivity contribution is 5.95. The quantitative estimate of drug-likeness (QED) is 0.931. The molecular formula is C19H22N2O4. The smallest absolute Gasteiger partial charge is 0.289 e. The van der Waals surface area contributed by atoms with Crippen LogP contribution in [0.5, 0.6) is 5.75 Å². The van der Waals surface area contributed by atoms with Gasteiger partial charge in [0.15, 0.2) is 5.76 Å². The van der Waals surface area contributed by atoms with Gasteiger partial charge in [-0.2, -0.15) is 0 Å². The number of aromatic hydroxyl groups is 1. The van der Waals surface area contributed by atoms with Crippen molar-refractivity contribution in [3.63, 3.8) is 0 Å². The number of benzene rings is 1. The topological polar surface area (TPSA) is 74.0 Å². The lowest BCUT2D eigenvalue weighted by atomic mass is 10.0. The molecule has 1 fully saturated rings. The predicted octanol–water partition coefficient (Wildman–Crippen LogP) is 2.71. The van der Waals surface area contributed by atoms with E-state index in [4.69, 9.17) is 4.42 Å². The molecule has 1 aromatic heterocycles. The molecule has 6 nitrogen and oxygen atoms in total. The Balaban J connectivity index is 1.63. The summed E-state index contributed by atoms with van der Waals surface area (Å²) in [4.78, 5) is 28.6. The molecule has 1 aromatic carbocycles. The second-order valence-electron chi connectivity index (χ2n) is 6.49. The minimum absolute atomic E-state index is 0.0898. The largest absolute Gasteiger partial charge is 0.508 e. The van der Waals surface area contributed by atoms with Crippen molar-refractivity contribution in [1.82, 2.24) is 9.80 Å². The summed E-state index contributed by atoms with van der Waals surface area (Å²) in [7, 11) is 0. The summed E-state index contributed by atoms with van der Waals surface area (Å²) in [5.41, 5.74) is 1.44. The Kier molecular flexibility index (Phi) is 4.79. The first-order valence-corrected chi connectivity index (χ1v) is 8.42. The Labute approximate surface area is 146 Å². The average Bonchev–Trinajstić information content (AvgIpc) is 3.11. The summed E-state index contributed by atoms with van der Waals surface area (Å²) < 4.78 is 5.40. The van der Waals surface area contributed by atoms with Crippen LogP contribution in [-0.2, 0) is 0 Å². The van der Waals surface area contributed by atoms with Crippen LogP contribution >= 0.6 is 0 Å². The number of phenols is 1. The highest BCUT2D eigenvalue weighted by Crippen LogP contribution is 2.23. The molecule has 3 rings (SSSR count). The van der Waals surface area contributed by atoms with Gasteiger partial charge in [0.25, 0.3) is 11.8 Å². The van der Waals surface area contributed by atoms with Crippen LogP contribution in [0, 0.1) is 0 Å². The Morgan fingerprint density at radius 3 is 2.08 bits per heavy atom. The fourth-order valence-electron chi connectivity index (χ4n) is 2.99. The molecular weight excluding hydrogens is 320 g/mol. The zero-order chi connectivity index (χ0) is 18.0. The Morgan fingerprint density at radius 2 is 1.52 bits per heavy atom. The standard InChI is InChI=1S/C19H22N2O4/c1-13(2)16-7-12-25-17(16)19(24)21-10-8-20(9-11-21)18(23)14-3-5-15(22)6-4-14/h3-7,12-13,22H,8-11H2,1-2H3. The number of piperazine rings is 1. The summed E-state index contributed by atoms with van der Waals surface area (Å²) in [5, 5.41) is 9.32. The maximum Gasteiger partial charge on any atom is 0.289 e. The number of phenolic OH excluding ortho intramolecular Hbond substituents is 1. The highest BCUT2D eigenvalue weighted by Gasteiger charge is 2.28. The zero-order valence-electron chi connectivity index (χ0n) is 14.4. The van der Waals surface area contributed by atoms with Gasteiger partial charge in [0.1, 0.15) is 5.75 Å². The molecule has 6 heteroatoms. The third-order valence-electron chi connectivity index (χ3n) is 4.48. The molecule has 132 valence electrons. The molecule has 0 bridgehead atoms. The second-order valence-corrected chi connectivity index (χ2v) is 6.49. The Bertz CT molecular complexity index is 756. The third kappa shape index (κ3) is 3.52. The molecule has 0 saturated carbocycles. The number of furan rings is 1. The van der Waals surface area contributed by atoms with Crippen LogP contribution in [-0.4, -0.2) is 52.9 Å². The van der Waals surface area contributed by atoms with Gasteiger partial charge in [-0.15, -0.1) is 0 Å². The van der Waals surface area contributed by atoms with Gasteiger partial charge in [0.2, 0.25) is 0 Å². The van der Waals surface area contributed by atoms with E-state index in [1.807, 2.05) is 19.9 Å². The van der Waals surface area contributed by atoms with E-state index in [1.54, 1.807) is 28.2 Å². The molecule has 2 heterocycles. The van der Waals surface area contributed by atoms with Gasteiger partial charge < -0.3 is 19.3 Å². The lowest BCUT2D eigenvalue weighted by molar-refractivity contribution is 0.0517. The molecule has 1 N–H and O–H groups in total. The van der Waals surface area contributed by atoms with E-state index < -0.39 is 0 Å². The number of rotatable bonds is 3. The molecule has 0 unspecified atom stereocenters. The van der Waals surface area contributed by atoms with Crippen LogP contribution in [0.4, 0.5) is 0 Å². The molecule has 2 amide bonds. The van der Waals surface area contributed by atoms with Gasteiger partial charge in [-0.25, -0.2) is 0 Å². The van der Waals surface area contributed by atoms with E-state index in [0.717, 1.165) is 5.56 Å². The van der Waals surface area contributed by atoms with Crippen LogP contribution in [0.15, 0.2) is 41.0 Å². The van der Waals surface area contributed by atoms with Crippen LogP contribution in [0.1, 0.15) is 46.2 Å². The van der Waals surface area contributed by atoms with Crippen LogP contribution in [0.3, 0.4) is 0 Å². The normalized spacial score (nSPS) is 14.8. The van der Waals surface area contributed by atoms with Gasteiger partial charge >= 0.3 is 0 Å². The molecule has 1 saturated heterocycles. The summed E-state index contributed by atoms with van der Waals surface area (Å²) in [6.07, 6.45) is 1.55. The number of carbonyl (C=O) groups excluding carboxylic acids is 2. The molecule has 1 aliphatic rings. The lowest BCUT2D eigenvalue weighted by Gasteiger charge is -2.34. The number of amides is 2. The molecule has 0 aliphatic carbocycles. The van der Waals surface area contributed by atoms with Crippen LogP contribution < -0.4 is 0 Å². The summed E-state index contributed by atoms with van der Waals surface area (Å²) in [5.74, 6) is 0.535. The third-order valence-corrected chi connectivity index (χ3v) is 4.48. The van der Waals surface area contributed by atoms with Gasteiger partial charge in [-0.1, -0.05) is 13.8 Å². The Morgan fingerprint density at radius 1 is 0.960 bits per heavy atom. The lowest BCUT2D eigenvalue weighted by Crippen LogP contribution is -2.50. The van der Waals surface area contributed by atoms with Crippen molar-refractivity contribution >= 4 is 11.8 Å². The SMILES string of the molecule is CC(C)c1ccoc1C(=O)N1CCN(C(=O)c2ccc(O)cc2)CC1. The van der Waals surface area contributed by atoms with Gasteiger partial charge in [0, 0.05) is 37.3 Å². The van der Waals surface area contributed by atoms with Crippen LogP contribution in [0.2, 0.25) is 0 Å². The first kappa shape index (κ1) is 17.1. The second kappa shape index (κ2) is 7.01. The summed E-state index contributed by atoms with van der Waals surface area (Å²) in [6.45, 7) is 5.94. The number of hydrogen-bond donors (Lipinski definition) is 1. The molecule has 2 aromatic rings. The molecule has 25 heavy (non-hydrogen) atoms. The van der Waals surface area contributed by atoms with Gasteiger partial charge in [-0.05, 0) is 36.2 Å². The monoisotopic (exact) mass is 342 g/mol. The van der Waals surface area contributed by atoms with Crippen molar-refractivity contribution in [2.45, 2.75) is 19.8 Å². The number of hydrogen-bond acceptors (Lipinski definition) is 4. The number of carbonyl (C=O) groups is 2. The Hall–Kier alpha value is -2.76. The van der Waals surface area contributed by atoms with Crippen molar-refractivity contribution in [2.75, 3.05) is 26.2 Å². The van der Waals surface area contributed by atoms with Gasteiger partial charge in [-0.3, -0.25) is 9.59 Å². The first-order valence-electron chi connectivity index (χ1n) is 8.42. The van der Waals surface area contributed by atoms with E-state index in [1.165, 1.54) is 12.1 Å². The van der Waals surface area contributed by atoms with Crippen molar-refractivity contribution in [3.05, 3.63) is 53.5 Å². The number of nitrogens with zero attached hydrogens (tertiary/aromatic N) is 2. The summed E-state index contributed by atoms with van der Waals surface area (Å²) in [6, 6.07) is 8.04. The zero-order valence-corrected chi connectivity index (χ0v) is 14.4. The molecule has 0 atom stereocenters. The fraction of sp³-hybridized carbons (Fsp3) is 0.368. The van der Waals surface area contributed by atoms with Crippen molar-refractivity contribution in [2.24, 2.45) is 0 Å². The minimum atomic E-state index is -0.120. The van der Waals surface area contributed by atoms with E-state index in [-0.39, 0.29) is 23.5 Å². The van der Waals surface area contributed by atoms with E-state index in [0.29, 0.717) is 37.5 Å². The summed E-state index contributed by atoms with van der Waals surface area (Å²) >= 11 is 0. The van der Waals surface area contributed by atoms with Crippen molar-refractivity contribution in [3.8, 4) is 5.75 Å². The van der Waals surface area contributed by atoms with Crippen LogP contribution in [0.25, 0.3) is 0 Å². The highest BCUT2D eigenvalue weighted by atomic mass is 16.3. The van der Waals surface area contributed by atoms with E-state index >= 15 is 0 Å². The molecule has 0 spiro atoms.